The molecule has 3 rings (SSSR count). The van der Waals surface area contributed by atoms with Gasteiger partial charge in [-0.15, -0.1) is 0 Å². The third-order valence-corrected chi connectivity index (χ3v) is 5.63. The van der Waals surface area contributed by atoms with Crippen LogP contribution in [0.3, 0.4) is 0 Å². The van der Waals surface area contributed by atoms with Gasteiger partial charge < -0.3 is 9.67 Å². The van der Waals surface area contributed by atoms with Crippen LogP contribution in [0.25, 0.3) is 5.69 Å². The van der Waals surface area contributed by atoms with Crippen LogP contribution in [0.4, 0.5) is 5.69 Å². The highest BCUT2D eigenvalue weighted by Gasteiger charge is 2.14. The number of amides is 1. The predicted molar refractivity (Wildman–Crippen MR) is 120 cm³/mol. The Bertz CT molecular complexity index is 1160. The van der Waals surface area contributed by atoms with E-state index in [4.69, 9.17) is 0 Å². The molecule has 0 unspecified atom stereocenters. The molecule has 0 aliphatic heterocycles. The van der Waals surface area contributed by atoms with Gasteiger partial charge in [0.2, 0.25) is 0 Å². The monoisotopic (exact) mass is 534 g/mol. The summed E-state index contributed by atoms with van der Waals surface area (Å²) >= 11 is 6.37. The second kappa shape index (κ2) is 8.80. The molecular formula is C20H16Br2N4O4. The number of hydrogen-bond acceptors (Lipinski definition) is 5. The number of rotatable bonds is 5. The average Bonchev–Trinajstić information content (AvgIpc) is 2.98. The molecule has 154 valence electrons. The first kappa shape index (κ1) is 21.7. The molecule has 0 atom stereocenters. The molecule has 2 N–H and O–H groups in total. The Morgan fingerprint density at radius 2 is 1.87 bits per heavy atom. The molecular weight excluding hydrogens is 520 g/mol. The van der Waals surface area contributed by atoms with Crippen molar-refractivity contribution >= 4 is 49.7 Å². The van der Waals surface area contributed by atoms with Gasteiger partial charge >= 0.3 is 0 Å². The maximum Gasteiger partial charge on any atom is 0.271 e. The number of nitro groups is 1. The highest BCUT2D eigenvalue weighted by molar-refractivity contribution is 9.11. The van der Waals surface area contributed by atoms with Crippen molar-refractivity contribution in [2.75, 3.05) is 0 Å². The average molecular weight is 536 g/mol. The lowest BCUT2D eigenvalue weighted by Gasteiger charge is -2.09. The van der Waals surface area contributed by atoms with Crippen LogP contribution in [-0.4, -0.2) is 26.7 Å². The van der Waals surface area contributed by atoms with E-state index in [1.807, 2.05) is 24.5 Å². The summed E-state index contributed by atoms with van der Waals surface area (Å²) < 4.78 is 2.64. The summed E-state index contributed by atoms with van der Waals surface area (Å²) in [6.45, 7) is 3.75. The Labute approximate surface area is 188 Å². The lowest BCUT2D eigenvalue weighted by atomic mass is 10.2. The van der Waals surface area contributed by atoms with Crippen molar-refractivity contribution < 1.29 is 14.8 Å². The second-order valence-electron chi connectivity index (χ2n) is 6.43. The first-order valence-corrected chi connectivity index (χ1v) is 10.2. The Balaban J connectivity index is 1.82. The van der Waals surface area contributed by atoms with Gasteiger partial charge in [-0.3, -0.25) is 14.9 Å². The summed E-state index contributed by atoms with van der Waals surface area (Å²) in [5, 5.41) is 24.8. The van der Waals surface area contributed by atoms with Crippen molar-refractivity contribution in [2.24, 2.45) is 5.10 Å². The van der Waals surface area contributed by atoms with E-state index < -0.39 is 10.8 Å². The molecule has 3 aromatic rings. The number of benzene rings is 2. The number of nitrogens with one attached hydrogen (secondary N) is 1. The van der Waals surface area contributed by atoms with E-state index >= 15 is 0 Å². The van der Waals surface area contributed by atoms with Crippen molar-refractivity contribution in [2.45, 2.75) is 13.8 Å². The molecule has 0 fully saturated rings. The number of nitro benzene ring substituents is 1. The molecule has 0 spiro atoms. The number of hydrazone groups is 1. The third-order valence-electron chi connectivity index (χ3n) is 4.42. The number of non-ortho nitro benzene ring substituents is 1. The van der Waals surface area contributed by atoms with Gasteiger partial charge in [-0.25, -0.2) is 5.43 Å². The van der Waals surface area contributed by atoms with Crippen LogP contribution in [0.2, 0.25) is 0 Å². The summed E-state index contributed by atoms with van der Waals surface area (Å²) in [6, 6.07) is 11.2. The molecule has 1 amide bonds. The molecule has 10 heteroatoms. The minimum absolute atomic E-state index is 0.00337. The first-order valence-electron chi connectivity index (χ1n) is 8.64. The van der Waals surface area contributed by atoms with Crippen LogP contribution >= 0.6 is 31.9 Å². The molecule has 0 aliphatic rings. The smallest absolute Gasteiger partial charge is 0.271 e. The molecule has 1 aromatic heterocycles. The summed E-state index contributed by atoms with van der Waals surface area (Å²) in [4.78, 5) is 22.9. The van der Waals surface area contributed by atoms with Gasteiger partial charge in [0.05, 0.1) is 25.8 Å². The second-order valence-corrected chi connectivity index (χ2v) is 8.14. The molecule has 8 nitrogen and oxygen atoms in total. The Kier molecular flexibility index (Phi) is 6.37. The summed E-state index contributed by atoms with van der Waals surface area (Å²) in [6.07, 6.45) is 1.51. The molecule has 2 aromatic carbocycles. The van der Waals surface area contributed by atoms with Crippen LogP contribution in [0, 0.1) is 24.0 Å². The number of aryl methyl sites for hydroxylation is 1. The number of phenols is 1. The normalized spacial score (nSPS) is 11.1. The predicted octanol–water partition coefficient (Wildman–Crippen LogP) is 5.00. The van der Waals surface area contributed by atoms with E-state index in [1.54, 1.807) is 12.1 Å². The standard InChI is InChI=1S/C20H16Br2N4O4/c1-11-6-14(12(2)25(11)15-4-3-5-16(9-15)26(29)30)10-23-24-20(28)13-7-17(21)19(27)18(22)8-13/h3-10,27H,1-2H3,(H,24,28). The number of phenolic OH excluding ortho intramolecular Hbond substituents is 1. The molecule has 0 saturated carbocycles. The van der Waals surface area contributed by atoms with E-state index in [-0.39, 0.29) is 11.4 Å². The topological polar surface area (TPSA) is 110 Å². The summed E-state index contributed by atoms with van der Waals surface area (Å²) in [7, 11) is 0. The first-order chi connectivity index (χ1) is 14.2. The summed E-state index contributed by atoms with van der Waals surface area (Å²) in [5.41, 5.74) is 5.88. The van der Waals surface area contributed by atoms with Crippen molar-refractivity contribution in [3.8, 4) is 11.4 Å². The summed E-state index contributed by atoms with van der Waals surface area (Å²) in [5.74, 6) is -0.441. The minimum atomic E-state index is -0.444. The zero-order valence-corrected chi connectivity index (χ0v) is 19.1. The largest absolute Gasteiger partial charge is 0.506 e. The Morgan fingerprint density at radius 1 is 1.20 bits per heavy atom. The van der Waals surface area contributed by atoms with Crippen LogP contribution < -0.4 is 5.43 Å². The number of halogens is 2. The number of carbonyl (C=O) groups is 1. The molecule has 0 aliphatic carbocycles. The van der Waals surface area contributed by atoms with Crippen molar-refractivity contribution in [3.63, 3.8) is 0 Å². The fraction of sp³-hybridized carbons (Fsp3) is 0.100. The minimum Gasteiger partial charge on any atom is -0.506 e. The number of hydrogen-bond donors (Lipinski definition) is 2. The van der Waals surface area contributed by atoms with Gasteiger partial charge in [0, 0.05) is 34.6 Å². The fourth-order valence-electron chi connectivity index (χ4n) is 2.98. The number of aromatic nitrogens is 1. The van der Waals surface area contributed by atoms with Gasteiger partial charge in [0.25, 0.3) is 11.6 Å². The lowest BCUT2D eigenvalue weighted by molar-refractivity contribution is -0.384. The molecule has 0 bridgehead atoms. The molecule has 1 heterocycles. The van der Waals surface area contributed by atoms with E-state index in [0.29, 0.717) is 20.2 Å². The maximum atomic E-state index is 12.3. The molecule has 30 heavy (non-hydrogen) atoms. The van der Waals surface area contributed by atoms with Gasteiger partial charge in [-0.05, 0) is 70.0 Å². The zero-order valence-electron chi connectivity index (χ0n) is 15.9. The van der Waals surface area contributed by atoms with Crippen LogP contribution in [-0.2, 0) is 0 Å². The maximum absolute atomic E-state index is 12.3. The number of aromatic hydroxyl groups is 1. The third kappa shape index (κ3) is 4.44. The highest BCUT2D eigenvalue weighted by atomic mass is 79.9. The van der Waals surface area contributed by atoms with E-state index in [0.717, 1.165) is 17.0 Å². The van der Waals surface area contributed by atoms with Crippen molar-refractivity contribution in [3.05, 3.63) is 84.0 Å². The van der Waals surface area contributed by atoms with Gasteiger partial charge in [0.1, 0.15) is 5.75 Å². The van der Waals surface area contributed by atoms with Crippen LogP contribution in [0.1, 0.15) is 27.3 Å². The number of carbonyl (C=O) groups excluding carboxylic acids is 1. The van der Waals surface area contributed by atoms with Gasteiger partial charge in [0.15, 0.2) is 0 Å². The van der Waals surface area contributed by atoms with Crippen LogP contribution in [0.5, 0.6) is 5.75 Å². The lowest BCUT2D eigenvalue weighted by Crippen LogP contribution is -2.17. The highest BCUT2D eigenvalue weighted by Crippen LogP contribution is 2.33. The SMILES string of the molecule is Cc1cc(C=NNC(=O)c2cc(Br)c(O)c(Br)c2)c(C)n1-c1cccc([N+](=O)[O-])c1. The van der Waals surface area contributed by atoms with Crippen molar-refractivity contribution in [1.29, 1.82) is 0 Å². The quantitative estimate of drug-likeness (QED) is 0.272. The van der Waals surface area contributed by atoms with Crippen molar-refractivity contribution in [1.82, 2.24) is 9.99 Å². The van der Waals surface area contributed by atoms with E-state index in [2.05, 4.69) is 42.4 Å². The molecule has 0 saturated heterocycles. The van der Waals surface area contributed by atoms with E-state index in [1.165, 1.54) is 30.5 Å². The molecule has 0 radical (unpaired) electrons. The van der Waals surface area contributed by atoms with Crippen LogP contribution in [0.15, 0.2) is 56.5 Å². The fourth-order valence-corrected chi connectivity index (χ4v) is 4.17. The Morgan fingerprint density at radius 3 is 2.50 bits per heavy atom. The van der Waals surface area contributed by atoms with Gasteiger partial charge in [-0.1, -0.05) is 6.07 Å². The van der Waals surface area contributed by atoms with E-state index in [9.17, 15) is 20.0 Å². The zero-order chi connectivity index (χ0) is 22.0. The number of nitrogens with zero attached hydrogens (tertiary/aromatic N) is 3. The van der Waals surface area contributed by atoms with Gasteiger partial charge in [-0.2, -0.15) is 5.10 Å². The Hall–Kier alpha value is -2.98.